The highest BCUT2D eigenvalue weighted by atomic mass is 79.9. The zero-order chi connectivity index (χ0) is 9.42. The van der Waals surface area contributed by atoms with Crippen molar-refractivity contribution in [3.8, 4) is 0 Å². The molecule has 13 heavy (non-hydrogen) atoms. The summed E-state index contributed by atoms with van der Waals surface area (Å²) < 4.78 is 2.53. The van der Waals surface area contributed by atoms with E-state index in [9.17, 15) is 0 Å². The molecule has 2 aromatic rings. The van der Waals surface area contributed by atoms with E-state index in [1.807, 2.05) is 0 Å². The lowest BCUT2D eigenvalue weighted by molar-refractivity contribution is 1.46. The average Bonchev–Trinajstić information content (AvgIpc) is 2.46. The molecule has 0 unspecified atom stereocenters. The van der Waals surface area contributed by atoms with Gasteiger partial charge in [-0.15, -0.1) is 11.3 Å². The van der Waals surface area contributed by atoms with Crippen molar-refractivity contribution >= 4 is 53.3 Å². The third-order valence-electron chi connectivity index (χ3n) is 2.05. The van der Waals surface area contributed by atoms with Gasteiger partial charge >= 0.3 is 0 Å². The standard InChI is InChI=1S/C10H8Br2S/c1-6-5-13-9-3-8(12)2-7(4-11)10(6)9/h2-3,5H,4H2,1H3. The van der Waals surface area contributed by atoms with E-state index in [0.717, 1.165) is 9.80 Å². The van der Waals surface area contributed by atoms with Crippen LogP contribution in [0.2, 0.25) is 0 Å². The number of benzene rings is 1. The van der Waals surface area contributed by atoms with E-state index in [2.05, 4.69) is 56.3 Å². The van der Waals surface area contributed by atoms with Crippen molar-refractivity contribution in [2.45, 2.75) is 12.3 Å². The predicted octanol–water partition coefficient (Wildman–Crippen LogP) is 4.87. The molecule has 0 aliphatic carbocycles. The third kappa shape index (κ3) is 1.69. The van der Waals surface area contributed by atoms with Gasteiger partial charge in [-0.25, -0.2) is 0 Å². The van der Waals surface area contributed by atoms with E-state index >= 15 is 0 Å². The molecule has 0 fully saturated rings. The zero-order valence-electron chi connectivity index (χ0n) is 7.10. The summed E-state index contributed by atoms with van der Waals surface area (Å²) in [6.07, 6.45) is 0. The van der Waals surface area contributed by atoms with E-state index in [0.29, 0.717) is 0 Å². The number of fused-ring (bicyclic) bond motifs is 1. The Balaban J connectivity index is 2.85. The van der Waals surface area contributed by atoms with Crippen molar-refractivity contribution in [1.29, 1.82) is 0 Å². The molecule has 0 radical (unpaired) electrons. The van der Waals surface area contributed by atoms with Gasteiger partial charge in [-0.05, 0) is 40.9 Å². The Morgan fingerprint density at radius 1 is 1.38 bits per heavy atom. The maximum Gasteiger partial charge on any atom is 0.0359 e. The molecular formula is C10H8Br2S. The van der Waals surface area contributed by atoms with Crippen LogP contribution in [-0.4, -0.2) is 0 Å². The Morgan fingerprint density at radius 2 is 2.15 bits per heavy atom. The average molecular weight is 320 g/mol. The van der Waals surface area contributed by atoms with Crippen molar-refractivity contribution in [2.75, 3.05) is 0 Å². The van der Waals surface area contributed by atoms with Crippen LogP contribution in [0.3, 0.4) is 0 Å². The summed E-state index contributed by atoms with van der Waals surface area (Å²) in [5.41, 5.74) is 2.74. The van der Waals surface area contributed by atoms with Gasteiger partial charge in [0.25, 0.3) is 0 Å². The van der Waals surface area contributed by atoms with Gasteiger partial charge in [0.15, 0.2) is 0 Å². The van der Waals surface area contributed by atoms with Gasteiger partial charge in [0.2, 0.25) is 0 Å². The van der Waals surface area contributed by atoms with E-state index in [1.54, 1.807) is 11.3 Å². The van der Waals surface area contributed by atoms with Crippen molar-refractivity contribution in [3.05, 3.63) is 33.1 Å². The second kappa shape index (κ2) is 3.71. The summed E-state index contributed by atoms with van der Waals surface area (Å²) in [6.45, 7) is 2.17. The Morgan fingerprint density at radius 3 is 2.85 bits per heavy atom. The molecule has 0 saturated carbocycles. The molecule has 1 aromatic heterocycles. The van der Waals surface area contributed by atoms with Gasteiger partial charge in [0.05, 0.1) is 0 Å². The van der Waals surface area contributed by atoms with Crippen LogP contribution in [0.15, 0.2) is 22.0 Å². The maximum atomic E-state index is 3.52. The molecule has 0 bridgehead atoms. The zero-order valence-corrected chi connectivity index (χ0v) is 11.1. The van der Waals surface area contributed by atoms with Gasteiger partial charge in [-0.2, -0.15) is 0 Å². The van der Waals surface area contributed by atoms with E-state index in [1.165, 1.54) is 21.2 Å². The quantitative estimate of drug-likeness (QED) is 0.658. The largest absolute Gasteiger partial charge is 0.143 e. The molecule has 0 atom stereocenters. The number of halogens is 2. The van der Waals surface area contributed by atoms with Gasteiger partial charge in [-0.3, -0.25) is 0 Å². The SMILES string of the molecule is Cc1csc2cc(Br)cc(CBr)c12. The van der Waals surface area contributed by atoms with Crippen LogP contribution in [0.25, 0.3) is 10.1 Å². The molecule has 0 saturated heterocycles. The number of alkyl halides is 1. The molecule has 1 aromatic carbocycles. The monoisotopic (exact) mass is 318 g/mol. The Kier molecular flexibility index (Phi) is 2.77. The minimum atomic E-state index is 0.917. The first kappa shape index (κ1) is 9.69. The van der Waals surface area contributed by atoms with Crippen LogP contribution < -0.4 is 0 Å². The van der Waals surface area contributed by atoms with Gasteiger partial charge in [-0.1, -0.05) is 31.9 Å². The number of hydrogen-bond acceptors (Lipinski definition) is 1. The molecule has 2 rings (SSSR count). The predicted molar refractivity (Wildman–Crippen MR) is 66.9 cm³/mol. The molecule has 0 spiro atoms. The second-order valence-electron chi connectivity index (χ2n) is 2.99. The lowest BCUT2D eigenvalue weighted by atomic mass is 10.1. The van der Waals surface area contributed by atoms with Crippen LogP contribution in [0.1, 0.15) is 11.1 Å². The molecule has 68 valence electrons. The van der Waals surface area contributed by atoms with E-state index in [4.69, 9.17) is 0 Å². The van der Waals surface area contributed by atoms with Crippen molar-refractivity contribution in [2.24, 2.45) is 0 Å². The second-order valence-corrected chi connectivity index (χ2v) is 5.38. The van der Waals surface area contributed by atoms with Crippen LogP contribution in [0, 0.1) is 6.92 Å². The highest BCUT2D eigenvalue weighted by Gasteiger charge is 2.06. The molecule has 0 nitrogen and oxygen atoms in total. The van der Waals surface area contributed by atoms with Gasteiger partial charge in [0, 0.05) is 14.5 Å². The van der Waals surface area contributed by atoms with Crippen molar-refractivity contribution in [1.82, 2.24) is 0 Å². The summed E-state index contributed by atoms with van der Waals surface area (Å²) in [7, 11) is 0. The fourth-order valence-corrected chi connectivity index (χ4v) is 3.62. The fraction of sp³-hybridized carbons (Fsp3) is 0.200. The first-order valence-electron chi connectivity index (χ1n) is 3.94. The van der Waals surface area contributed by atoms with Crippen molar-refractivity contribution < 1.29 is 0 Å². The van der Waals surface area contributed by atoms with Crippen LogP contribution in [0.5, 0.6) is 0 Å². The molecule has 1 heterocycles. The van der Waals surface area contributed by atoms with Crippen LogP contribution in [0.4, 0.5) is 0 Å². The first-order valence-corrected chi connectivity index (χ1v) is 6.74. The summed E-state index contributed by atoms with van der Waals surface area (Å²) in [5, 5.41) is 4.54. The normalized spacial score (nSPS) is 11.0. The highest BCUT2D eigenvalue weighted by Crippen LogP contribution is 2.32. The van der Waals surface area contributed by atoms with Gasteiger partial charge in [0.1, 0.15) is 0 Å². The Bertz CT molecular complexity index is 445. The minimum Gasteiger partial charge on any atom is -0.143 e. The molecule has 0 aliphatic rings. The van der Waals surface area contributed by atoms with Crippen LogP contribution in [-0.2, 0) is 5.33 Å². The lowest BCUT2D eigenvalue weighted by Crippen LogP contribution is -1.80. The smallest absolute Gasteiger partial charge is 0.0359 e. The molecule has 0 aliphatic heterocycles. The van der Waals surface area contributed by atoms with Crippen LogP contribution >= 0.6 is 43.2 Å². The van der Waals surface area contributed by atoms with Gasteiger partial charge < -0.3 is 0 Å². The number of rotatable bonds is 1. The third-order valence-corrected chi connectivity index (χ3v) is 4.16. The number of thiophene rings is 1. The van der Waals surface area contributed by atoms with Crippen molar-refractivity contribution in [3.63, 3.8) is 0 Å². The maximum absolute atomic E-state index is 3.52. The summed E-state index contributed by atoms with van der Waals surface area (Å²) in [6, 6.07) is 4.36. The lowest BCUT2D eigenvalue weighted by Gasteiger charge is -2.01. The first-order chi connectivity index (χ1) is 6.22. The van der Waals surface area contributed by atoms with E-state index in [-0.39, 0.29) is 0 Å². The minimum absolute atomic E-state index is 0.917. The Labute approximate surface area is 98.2 Å². The molecule has 0 N–H and O–H groups in total. The fourth-order valence-electron chi connectivity index (χ4n) is 1.49. The molecule has 0 amide bonds. The molecule has 3 heteroatoms. The molecular weight excluding hydrogens is 312 g/mol. The topological polar surface area (TPSA) is 0 Å². The van der Waals surface area contributed by atoms with E-state index < -0.39 is 0 Å². The number of aryl methyl sites for hydroxylation is 1. The highest BCUT2D eigenvalue weighted by molar-refractivity contribution is 9.10. The summed E-state index contributed by atoms with van der Waals surface area (Å²) in [4.78, 5) is 0. The Hall–Kier alpha value is 0.140. The summed E-state index contributed by atoms with van der Waals surface area (Å²) >= 11 is 8.84. The number of hydrogen-bond donors (Lipinski definition) is 0. The summed E-state index contributed by atoms with van der Waals surface area (Å²) in [5.74, 6) is 0.